The molecule has 0 saturated heterocycles. The van der Waals surface area contributed by atoms with Crippen molar-refractivity contribution in [2.75, 3.05) is 0 Å². The van der Waals surface area contributed by atoms with Crippen LogP contribution in [0, 0.1) is 0 Å². The molecule has 0 fully saturated rings. The number of pyridine rings is 1. The van der Waals surface area contributed by atoms with Gasteiger partial charge in [-0.25, -0.2) is 0 Å². The second-order valence-electron chi connectivity index (χ2n) is 5.07. The first-order chi connectivity index (χ1) is 9.77. The average molecular weight is 299 g/mol. The summed E-state index contributed by atoms with van der Waals surface area (Å²) in [5.41, 5.74) is 0.0301. The third-order valence-corrected chi connectivity index (χ3v) is 3.05. The van der Waals surface area contributed by atoms with Gasteiger partial charge in [0.15, 0.2) is 0 Å². The van der Waals surface area contributed by atoms with Gasteiger partial charge < -0.3 is 5.11 Å². The van der Waals surface area contributed by atoms with Gasteiger partial charge in [0.05, 0.1) is 17.0 Å². The van der Waals surface area contributed by atoms with Crippen molar-refractivity contribution in [3.8, 4) is 0 Å². The Labute approximate surface area is 120 Å². The summed E-state index contributed by atoms with van der Waals surface area (Å²) in [4.78, 5) is 3.68. The largest absolute Gasteiger partial charge is 0.417 e. The van der Waals surface area contributed by atoms with Gasteiger partial charge in [-0.1, -0.05) is 0 Å². The molecule has 1 N–H and O–H groups in total. The summed E-state index contributed by atoms with van der Waals surface area (Å²) in [7, 11) is 0. The van der Waals surface area contributed by atoms with Crippen LogP contribution in [0.2, 0.25) is 0 Å². The Kier molecular flexibility index (Phi) is 4.32. The molecule has 0 radical (unpaired) electrons. The van der Waals surface area contributed by atoms with Gasteiger partial charge in [0.2, 0.25) is 0 Å². The number of aliphatic hydroxyl groups excluding tert-OH is 1. The Bertz CT molecular complexity index is 590. The molecule has 0 amide bonds. The lowest BCUT2D eigenvalue weighted by Gasteiger charge is -2.11. The van der Waals surface area contributed by atoms with Crippen molar-refractivity contribution >= 4 is 0 Å². The molecule has 1 atom stereocenters. The third-order valence-electron chi connectivity index (χ3n) is 3.05. The lowest BCUT2D eigenvalue weighted by molar-refractivity contribution is -0.137. The number of alkyl halides is 3. The minimum absolute atomic E-state index is 0.196. The first-order valence-electron chi connectivity index (χ1n) is 6.52. The molecule has 2 aromatic rings. The number of rotatable bonds is 4. The molecule has 0 aliphatic carbocycles. The van der Waals surface area contributed by atoms with Crippen molar-refractivity contribution in [1.29, 1.82) is 0 Å². The summed E-state index contributed by atoms with van der Waals surface area (Å²) in [5, 5.41) is 14.3. The van der Waals surface area contributed by atoms with Crippen molar-refractivity contribution in [1.82, 2.24) is 14.8 Å². The molecule has 2 heterocycles. The Morgan fingerprint density at radius 3 is 2.43 bits per heavy atom. The van der Waals surface area contributed by atoms with Gasteiger partial charge in [0, 0.05) is 24.9 Å². The number of hydrogen-bond acceptors (Lipinski definition) is 3. The monoisotopic (exact) mass is 299 g/mol. The zero-order chi connectivity index (χ0) is 15.6. The van der Waals surface area contributed by atoms with Gasteiger partial charge in [-0.2, -0.15) is 18.3 Å². The van der Waals surface area contributed by atoms with Crippen molar-refractivity contribution in [3.05, 3.63) is 47.5 Å². The van der Waals surface area contributed by atoms with E-state index < -0.39 is 17.8 Å². The van der Waals surface area contributed by atoms with E-state index in [0.29, 0.717) is 5.69 Å². The van der Waals surface area contributed by atoms with Crippen molar-refractivity contribution in [2.24, 2.45) is 0 Å². The highest BCUT2D eigenvalue weighted by molar-refractivity contribution is 5.19. The Hall–Kier alpha value is -1.89. The Balaban J connectivity index is 2.07. The molecule has 0 saturated carbocycles. The van der Waals surface area contributed by atoms with E-state index in [1.54, 1.807) is 16.9 Å². The molecule has 2 aromatic heterocycles. The molecule has 1 unspecified atom stereocenters. The second kappa shape index (κ2) is 5.85. The number of nitrogens with zero attached hydrogens (tertiary/aromatic N) is 3. The molecular weight excluding hydrogens is 283 g/mol. The molecule has 7 heteroatoms. The van der Waals surface area contributed by atoms with E-state index in [-0.39, 0.29) is 18.2 Å². The fraction of sp³-hybridized carbons (Fsp3) is 0.429. The summed E-state index contributed by atoms with van der Waals surface area (Å²) in [6.07, 6.45) is -2.68. The summed E-state index contributed by atoms with van der Waals surface area (Å²) < 4.78 is 39.0. The predicted molar refractivity (Wildman–Crippen MR) is 70.5 cm³/mol. The molecule has 21 heavy (non-hydrogen) atoms. The molecule has 4 nitrogen and oxygen atoms in total. The fourth-order valence-corrected chi connectivity index (χ4v) is 1.85. The number of aliphatic hydroxyl groups is 1. The van der Waals surface area contributed by atoms with Crippen LogP contribution in [0.5, 0.6) is 0 Å². The molecular formula is C14H16F3N3O. The van der Waals surface area contributed by atoms with E-state index in [2.05, 4.69) is 10.1 Å². The highest BCUT2D eigenvalue weighted by Gasteiger charge is 2.30. The second-order valence-corrected chi connectivity index (χ2v) is 5.07. The smallest absolute Gasteiger partial charge is 0.386 e. The van der Waals surface area contributed by atoms with Crippen LogP contribution in [-0.4, -0.2) is 19.9 Å². The molecule has 114 valence electrons. The Morgan fingerprint density at radius 2 is 1.95 bits per heavy atom. The maximum Gasteiger partial charge on any atom is 0.417 e. The summed E-state index contributed by atoms with van der Waals surface area (Å²) >= 11 is 0. The van der Waals surface area contributed by atoms with Crippen LogP contribution in [0.25, 0.3) is 0 Å². The molecule has 0 aliphatic heterocycles. The standard InChI is InChI=1S/C14H16F3N3O/c1-9(2)20-6-5-11(19-20)7-13(21)12-4-3-10(8-18-12)14(15,16)17/h3-6,8-9,13,21H,7H2,1-2H3. The van der Waals surface area contributed by atoms with Gasteiger partial charge in [0.1, 0.15) is 6.10 Å². The van der Waals surface area contributed by atoms with Gasteiger partial charge in [-0.3, -0.25) is 9.67 Å². The van der Waals surface area contributed by atoms with Gasteiger partial charge in [-0.15, -0.1) is 0 Å². The minimum Gasteiger partial charge on any atom is -0.386 e. The van der Waals surface area contributed by atoms with Crippen LogP contribution in [0.15, 0.2) is 30.6 Å². The van der Waals surface area contributed by atoms with E-state index in [1.807, 2.05) is 13.8 Å². The van der Waals surface area contributed by atoms with Crippen LogP contribution in [-0.2, 0) is 12.6 Å². The van der Waals surface area contributed by atoms with E-state index in [1.165, 1.54) is 6.07 Å². The molecule has 0 bridgehead atoms. The van der Waals surface area contributed by atoms with Gasteiger partial charge >= 0.3 is 6.18 Å². The molecule has 0 aromatic carbocycles. The zero-order valence-electron chi connectivity index (χ0n) is 11.7. The summed E-state index contributed by atoms with van der Waals surface area (Å²) in [5.74, 6) is 0. The van der Waals surface area contributed by atoms with Crippen molar-refractivity contribution in [2.45, 2.75) is 38.6 Å². The number of aromatic nitrogens is 3. The SMILES string of the molecule is CC(C)n1ccc(CC(O)c2ccc(C(F)(F)F)cn2)n1. The Morgan fingerprint density at radius 1 is 1.24 bits per heavy atom. The van der Waals surface area contributed by atoms with E-state index in [9.17, 15) is 18.3 Å². The van der Waals surface area contributed by atoms with Gasteiger partial charge in [-0.05, 0) is 32.0 Å². The van der Waals surface area contributed by atoms with E-state index in [4.69, 9.17) is 0 Å². The first-order valence-corrected chi connectivity index (χ1v) is 6.52. The topological polar surface area (TPSA) is 50.9 Å². The zero-order valence-corrected chi connectivity index (χ0v) is 11.7. The van der Waals surface area contributed by atoms with E-state index in [0.717, 1.165) is 12.3 Å². The fourth-order valence-electron chi connectivity index (χ4n) is 1.85. The van der Waals surface area contributed by atoms with Crippen LogP contribution in [0.1, 0.15) is 42.9 Å². The molecule has 2 rings (SSSR count). The molecule has 0 aliphatic rings. The predicted octanol–water partition coefficient (Wildman–Crippen LogP) is 3.15. The van der Waals surface area contributed by atoms with Crippen molar-refractivity contribution in [3.63, 3.8) is 0 Å². The first kappa shape index (κ1) is 15.5. The lowest BCUT2D eigenvalue weighted by atomic mass is 10.1. The van der Waals surface area contributed by atoms with Gasteiger partial charge in [0.25, 0.3) is 0 Å². The van der Waals surface area contributed by atoms with Crippen LogP contribution in [0.4, 0.5) is 13.2 Å². The summed E-state index contributed by atoms with van der Waals surface area (Å²) in [6, 6.07) is 4.08. The maximum atomic E-state index is 12.4. The van der Waals surface area contributed by atoms with Crippen molar-refractivity contribution < 1.29 is 18.3 Å². The quantitative estimate of drug-likeness (QED) is 0.943. The average Bonchev–Trinajstić information content (AvgIpc) is 2.86. The lowest BCUT2D eigenvalue weighted by Crippen LogP contribution is -2.09. The third kappa shape index (κ3) is 3.81. The van der Waals surface area contributed by atoms with Crippen LogP contribution >= 0.6 is 0 Å². The minimum atomic E-state index is -4.42. The number of halogens is 3. The van der Waals surface area contributed by atoms with Crippen LogP contribution in [0.3, 0.4) is 0 Å². The van der Waals surface area contributed by atoms with E-state index >= 15 is 0 Å². The highest BCUT2D eigenvalue weighted by Crippen LogP contribution is 2.29. The van der Waals surface area contributed by atoms with Crippen LogP contribution < -0.4 is 0 Å². The maximum absolute atomic E-state index is 12.4. The number of hydrogen-bond donors (Lipinski definition) is 1. The molecule has 0 spiro atoms. The summed E-state index contributed by atoms with van der Waals surface area (Å²) in [6.45, 7) is 3.95. The normalized spacial score (nSPS) is 13.7. The highest BCUT2D eigenvalue weighted by atomic mass is 19.4.